The number of rotatable bonds is 3. The number of hydrogen-bond donors (Lipinski definition) is 1. The number of carbonyl (C=O) groups is 1. The molecule has 1 atom stereocenters. The summed E-state index contributed by atoms with van der Waals surface area (Å²) >= 11 is 0. The van der Waals surface area contributed by atoms with E-state index in [9.17, 15) is 4.79 Å². The second-order valence-electron chi connectivity index (χ2n) is 5.76. The van der Waals surface area contributed by atoms with Gasteiger partial charge in [0.2, 0.25) is 5.91 Å². The number of amides is 1. The van der Waals surface area contributed by atoms with Crippen LogP contribution in [0.4, 0.5) is 0 Å². The van der Waals surface area contributed by atoms with Gasteiger partial charge >= 0.3 is 0 Å². The number of piperazine rings is 1. The predicted octanol–water partition coefficient (Wildman–Crippen LogP) is 1.50. The van der Waals surface area contributed by atoms with Crippen molar-refractivity contribution in [1.82, 2.24) is 15.1 Å². The highest BCUT2D eigenvalue weighted by atomic mass is 35.5. The minimum atomic E-state index is -0.0226. The van der Waals surface area contributed by atoms with E-state index in [-0.39, 0.29) is 18.4 Å². The maximum Gasteiger partial charge on any atom is 0.241 e. The molecule has 0 aromatic heterocycles. The third-order valence-electron chi connectivity index (χ3n) is 4.22. The molecule has 4 nitrogen and oxygen atoms in total. The molecule has 2 heterocycles. The topological polar surface area (TPSA) is 35.6 Å². The molecule has 3 rings (SSSR count). The highest BCUT2D eigenvalue weighted by Crippen LogP contribution is 2.12. The molecule has 0 aliphatic carbocycles. The van der Waals surface area contributed by atoms with Crippen molar-refractivity contribution in [3.8, 4) is 0 Å². The van der Waals surface area contributed by atoms with Gasteiger partial charge in [-0.15, -0.1) is 12.4 Å². The van der Waals surface area contributed by atoms with E-state index in [0.29, 0.717) is 5.91 Å². The molecule has 2 aliphatic rings. The highest BCUT2D eigenvalue weighted by molar-refractivity contribution is 5.85. The van der Waals surface area contributed by atoms with Crippen LogP contribution >= 0.6 is 12.4 Å². The van der Waals surface area contributed by atoms with E-state index in [2.05, 4.69) is 34.5 Å². The second kappa shape index (κ2) is 7.78. The fraction of sp³-hybridized carbons (Fsp3) is 0.562. The summed E-state index contributed by atoms with van der Waals surface area (Å²) in [5.74, 6) is 0.292. The van der Waals surface area contributed by atoms with Crippen molar-refractivity contribution < 1.29 is 4.79 Å². The smallest absolute Gasteiger partial charge is 0.241 e. The van der Waals surface area contributed by atoms with Gasteiger partial charge in [-0.05, 0) is 18.4 Å². The quantitative estimate of drug-likeness (QED) is 0.919. The van der Waals surface area contributed by atoms with Crippen molar-refractivity contribution in [2.45, 2.75) is 25.4 Å². The van der Waals surface area contributed by atoms with Crippen LogP contribution in [-0.4, -0.2) is 54.5 Å². The van der Waals surface area contributed by atoms with Crippen LogP contribution in [-0.2, 0) is 11.3 Å². The second-order valence-corrected chi connectivity index (χ2v) is 5.76. The van der Waals surface area contributed by atoms with Gasteiger partial charge in [0, 0.05) is 39.3 Å². The van der Waals surface area contributed by atoms with E-state index in [1.165, 1.54) is 5.56 Å². The van der Waals surface area contributed by atoms with Crippen LogP contribution in [0.3, 0.4) is 0 Å². The maximum atomic E-state index is 12.4. The Balaban J connectivity index is 0.00000161. The highest BCUT2D eigenvalue weighted by Gasteiger charge is 2.30. The van der Waals surface area contributed by atoms with Crippen LogP contribution < -0.4 is 5.32 Å². The van der Waals surface area contributed by atoms with Gasteiger partial charge in [-0.25, -0.2) is 0 Å². The largest absolute Gasteiger partial charge is 0.341 e. The molecule has 1 aromatic carbocycles. The lowest BCUT2D eigenvalue weighted by Gasteiger charge is -2.34. The lowest BCUT2D eigenvalue weighted by Crippen LogP contribution is -2.57. The van der Waals surface area contributed by atoms with E-state index in [1.54, 1.807) is 0 Å². The van der Waals surface area contributed by atoms with Gasteiger partial charge in [0.15, 0.2) is 0 Å². The molecule has 1 aromatic rings. The summed E-state index contributed by atoms with van der Waals surface area (Å²) in [5.41, 5.74) is 1.32. The molecule has 2 saturated heterocycles. The zero-order valence-electron chi connectivity index (χ0n) is 12.3. The Bertz CT molecular complexity index is 448. The number of hydrogen-bond acceptors (Lipinski definition) is 3. The third-order valence-corrected chi connectivity index (χ3v) is 4.22. The van der Waals surface area contributed by atoms with Crippen molar-refractivity contribution >= 4 is 18.3 Å². The van der Waals surface area contributed by atoms with Gasteiger partial charge < -0.3 is 10.2 Å². The van der Waals surface area contributed by atoms with Crippen molar-refractivity contribution in [1.29, 1.82) is 0 Å². The lowest BCUT2D eigenvalue weighted by atomic mass is 10.1. The Morgan fingerprint density at radius 3 is 2.57 bits per heavy atom. The molecular weight excluding hydrogens is 286 g/mol. The standard InChI is InChI=1S/C16H23N3O.ClH/c20-16(19-9-4-5-10-19)15-13-18(11-8-17-15)12-14-6-2-1-3-7-14;/h1-3,6-7,15,17H,4-5,8-13H2;1H. The van der Waals surface area contributed by atoms with Crippen molar-refractivity contribution in [3.05, 3.63) is 35.9 Å². The summed E-state index contributed by atoms with van der Waals surface area (Å²) in [6, 6.07) is 10.5. The Hall–Kier alpha value is -1.10. The zero-order valence-corrected chi connectivity index (χ0v) is 13.1. The molecule has 21 heavy (non-hydrogen) atoms. The molecule has 0 bridgehead atoms. The molecule has 2 aliphatic heterocycles. The Morgan fingerprint density at radius 2 is 1.86 bits per heavy atom. The van der Waals surface area contributed by atoms with E-state index >= 15 is 0 Å². The van der Waals surface area contributed by atoms with Gasteiger partial charge in [-0.1, -0.05) is 30.3 Å². The predicted molar refractivity (Wildman–Crippen MR) is 86.6 cm³/mol. The number of nitrogens with one attached hydrogen (secondary N) is 1. The first-order valence-electron chi connectivity index (χ1n) is 7.61. The molecule has 2 fully saturated rings. The first kappa shape index (κ1) is 16.3. The summed E-state index contributed by atoms with van der Waals surface area (Å²) in [5, 5.41) is 3.38. The first-order chi connectivity index (χ1) is 9.83. The minimum absolute atomic E-state index is 0. The summed E-state index contributed by atoms with van der Waals surface area (Å²) in [6.45, 7) is 5.55. The van der Waals surface area contributed by atoms with Crippen molar-refractivity contribution in [2.24, 2.45) is 0 Å². The Morgan fingerprint density at radius 1 is 1.14 bits per heavy atom. The summed E-state index contributed by atoms with van der Waals surface area (Å²) in [7, 11) is 0. The summed E-state index contributed by atoms with van der Waals surface area (Å²) < 4.78 is 0. The fourth-order valence-electron chi connectivity index (χ4n) is 3.12. The van der Waals surface area contributed by atoms with E-state index < -0.39 is 0 Å². The van der Waals surface area contributed by atoms with Gasteiger partial charge in [-0.3, -0.25) is 9.69 Å². The molecular formula is C16H24ClN3O. The SMILES string of the molecule is Cl.O=C(C1CN(Cc2ccccc2)CCN1)N1CCCC1. The number of benzene rings is 1. The van der Waals surface area contributed by atoms with E-state index in [1.807, 2.05) is 11.0 Å². The van der Waals surface area contributed by atoms with Gasteiger partial charge in [0.05, 0.1) is 6.04 Å². The van der Waals surface area contributed by atoms with Crippen LogP contribution in [0.1, 0.15) is 18.4 Å². The van der Waals surface area contributed by atoms with Crippen LogP contribution in [0.15, 0.2) is 30.3 Å². The van der Waals surface area contributed by atoms with Crippen LogP contribution in [0, 0.1) is 0 Å². The molecule has 1 unspecified atom stereocenters. The normalized spacial score (nSPS) is 22.9. The van der Waals surface area contributed by atoms with Gasteiger partial charge in [-0.2, -0.15) is 0 Å². The van der Waals surface area contributed by atoms with E-state index in [4.69, 9.17) is 0 Å². The van der Waals surface area contributed by atoms with Crippen LogP contribution in [0.5, 0.6) is 0 Å². The molecule has 116 valence electrons. The molecule has 0 saturated carbocycles. The zero-order chi connectivity index (χ0) is 13.8. The number of likely N-dealkylation sites (tertiary alicyclic amines) is 1. The molecule has 0 radical (unpaired) electrons. The minimum Gasteiger partial charge on any atom is -0.341 e. The van der Waals surface area contributed by atoms with Crippen LogP contribution in [0.25, 0.3) is 0 Å². The first-order valence-corrected chi connectivity index (χ1v) is 7.61. The van der Waals surface area contributed by atoms with Gasteiger partial charge in [0.25, 0.3) is 0 Å². The third kappa shape index (κ3) is 4.19. The Labute approximate surface area is 132 Å². The molecule has 0 spiro atoms. The van der Waals surface area contributed by atoms with Crippen LogP contribution in [0.2, 0.25) is 0 Å². The summed E-state index contributed by atoms with van der Waals surface area (Å²) in [4.78, 5) is 16.8. The molecule has 1 N–H and O–H groups in total. The lowest BCUT2D eigenvalue weighted by molar-refractivity contribution is -0.133. The van der Waals surface area contributed by atoms with E-state index in [0.717, 1.165) is 52.1 Å². The van der Waals surface area contributed by atoms with Gasteiger partial charge in [0.1, 0.15) is 0 Å². The number of nitrogens with zero attached hydrogens (tertiary/aromatic N) is 2. The molecule has 5 heteroatoms. The van der Waals surface area contributed by atoms with Crippen molar-refractivity contribution in [2.75, 3.05) is 32.7 Å². The summed E-state index contributed by atoms with van der Waals surface area (Å²) in [6.07, 6.45) is 2.32. The molecule has 1 amide bonds. The average Bonchev–Trinajstić information content (AvgIpc) is 3.02. The number of halogens is 1. The van der Waals surface area contributed by atoms with Crippen molar-refractivity contribution in [3.63, 3.8) is 0 Å². The fourth-order valence-corrected chi connectivity index (χ4v) is 3.12. The number of carbonyl (C=O) groups excluding carboxylic acids is 1. The maximum absolute atomic E-state index is 12.4. The Kier molecular flexibility index (Phi) is 6.03. The average molecular weight is 310 g/mol. The monoisotopic (exact) mass is 309 g/mol.